The maximum Gasteiger partial charge on any atom is 0.226 e. The number of nitrogens with one attached hydrogen (secondary N) is 1. The minimum Gasteiger partial charge on any atom is -0.310 e. The molecule has 0 aromatic heterocycles. The highest BCUT2D eigenvalue weighted by Gasteiger charge is 2.33. The second-order valence-corrected chi connectivity index (χ2v) is 7.47. The Bertz CT molecular complexity index is 566. The molecule has 132 valence electrons. The highest BCUT2D eigenvalue weighted by atomic mass is 16.2. The average molecular weight is 329 g/mol. The molecule has 2 aliphatic heterocycles. The third-order valence-corrected chi connectivity index (χ3v) is 5.65. The zero-order chi connectivity index (χ0) is 17.1. The van der Waals surface area contributed by atoms with Crippen molar-refractivity contribution in [2.24, 2.45) is 5.92 Å². The minimum atomic E-state index is 0.226. The molecule has 0 saturated carbocycles. The van der Waals surface area contributed by atoms with Crippen molar-refractivity contribution < 1.29 is 4.79 Å². The summed E-state index contributed by atoms with van der Waals surface area (Å²) >= 11 is 0. The molecule has 0 bridgehead atoms. The fourth-order valence-electron chi connectivity index (χ4n) is 4.13. The summed E-state index contributed by atoms with van der Waals surface area (Å²) in [5.41, 5.74) is 2.38. The topological polar surface area (TPSA) is 35.6 Å². The Morgan fingerprint density at radius 2 is 1.96 bits per heavy atom. The Hall–Kier alpha value is -1.39. The van der Waals surface area contributed by atoms with Crippen LogP contribution < -0.4 is 10.2 Å². The summed E-state index contributed by atoms with van der Waals surface area (Å²) in [6, 6.07) is 9.03. The third-order valence-electron chi connectivity index (χ3n) is 5.65. The van der Waals surface area contributed by atoms with Crippen LogP contribution in [0.15, 0.2) is 24.3 Å². The molecule has 2 heterocycles. The van der Waals surface area contributed by atoms with Gasteiger partial charge in [-0.25, -0.2) is 0 Å². The van der Waals surface area contributed by atoms with Gasteiger partial charge in [0.25, 0.3) is 0 Å². The Morgan fingerprint density at radius 1 is 1.25 bits per heavy atom. The molecule has 24 heavy (non-hydrogen) atoms. The molecule has 1 N–H and O–H groups in total. The summed E-state index contributed by atoms with van der Waals surface area (Å²) in [6.07, 6.45) is 4.13. The molecule has 3 rings (SSSR count). The van der Waals surface area contributed by atoms with Gasteiger partial charge in [-0.3, -0.25) is 4.79 Å². The number of hydrogen-bond donors (Lipinski definition) is 1. The zero-order valence-electron chi connectivity index (χ0n) is 15.3. The van der Waals surface area contributed by atoms with E-state index in [0.29, 0.717) is 12.5 Å². The molecule has 0 spiro atoms. The Balaban J connectivity index is 1.71. The second-order valence-electron chi connectivity index (χ2n) is 7.47. The maximum absolute atomic E-state index is 12.4. The number of hydrogen-bond acceptors (Lipinski definition) is 3. The molecule has 4 nitrogen and oxygen atoms in total. The molecule has 1 amide bonds. The SMILES string of the molecule is CCC(=O)N1c2ccccc2C(NCC2CCN(C)CC2)CC1C. The van der Waals surface area contributed by atoms with E-state index in [1.165, 1.54) is 31.5 Å². The van der Waals surface area contributed by atoms with Crippen LogP contribution in [0.1, 0.15) is 51.1 Å². The van der Waals surface area contributed by atoms with Crippen LogP contribution >= 0.6 is 0 Å². The highest BCUT2D eigenvalue weighted by Crippen LogP contribution is 2.37. The molecule has 2 atom stereocenters. The second kappa shape index (κ2) is 7.66. The van der Waals surface area contributed by atoms with Crippen LogP contribution in [-0.2, 0) is 4.79 Å². The lowest BCUT2D eigenvalue weighted by Crippen LogP contribution is -2.46. The van der Waals surface area contributed by atoms with Crippen molar-refractivity contribution in [3.8, 4) is 0 Å². The van der Waals surface area contributed by atoms with E-state index in [-0.39, 0.29) is 11.9 Å². The van der Waals surface area contributed by atoms with E-state index in [2.05, 4.69) is 42.4 Å². The first kappa shape index (κ1) is 17.4. The molecule has 1 aromatic rings. The molecule has 2 aliphatic rings. The van der Waals surface area contributed by atoms with Crippen molar-refractivity contribution in [1.29, 1.82) is 0 Å². The number of rotatable bonds is 4. The van der Waals surface area contributed by atoms with Crippen LogP contribution in [-0.4, -0.2) is 43.5 Å². The van der Waals surface area contributed by atoms with E-state index in [9.17, 15) is 4.79 Å². The first-order chi connectivity index (χ1) is 11.6. The molecule has 0 radical (unpaired) electrons. The summed E-state index contributed by atoms with van der Waals surface area (Å²) < 4.78 is 0. The predicted molar refractivity (Wildman–Crippen MR) is 99.3 cm³/mol. The van der Waals surface area contributed by atoms with Gasteiger partial charge in [0.15, 0.2) is 0 Å². The molecule has 1 fully saturated rings. The number of nitrogens with zero attached hydrogens (tertiary/aromatic N) is 2. The Kier molecular flexibility index (Phi) is 5.57. The number of carbonyl (C=O) groups excluding carboxylic acids is 1. The van der Waals surface area contributed by atoms with E-state index in [0.717, 1.165) is 24.6 Å². The van der Waals surface area contributed by atoms with Gasteiger partial charge in [0.1, 0.15) is 0 Å². The van der Waals surface area contributed by atoms with Crippen molar-refractivity contribution in [3.63, 3.8) is 0 Å². The smallest absolute Gasteiger partial charge is 0.226 e. The van der Waals surface area contributed by atoms with E-state index < -0.39 is 0 Å². The first-order valence-corrected chi connectivity index (χ1v) is 9.43. The minimum absolute atomic E-state index is 0.226. The fraction of sp³-hybridized carbons (Fsp3) is 0.650. The molecular formula is C20H31N3O. The number of likely N-dealkylation sites (tertiary alicyclic amines) is 1. The van der Waals surface area contributed by atoms with Crippen molar-refractivity contribution >= 4 is 11.6 Å². The fourth-order valence-corrected chi connectivity index (χ4v) is 4.13. The van der Waals surface area contributed by atoms with Gasteiger partial charge in [-0.05, 0) is 70.4 Å². The lowest BCUT2D eigenvalue weighted by molar-refractivity contribution is -0.118. The normalized spacial score (nSPS) is 25.5. The number of benzene rings is 1. The standard InChI is InChI=1S/C20H31N3O/c1-4-20(24)23-15(2)13-18(17-7-5-6-8-19(17)23)21-14-16-9-11-22(3)12-10-16/h5-8,15-16,18,21H,4,9-14H2,1-3H3. The van der Waals surface area contributed by atoms with Gasteiger partial charge in [-0.1, -0.05) is 25.1 Å². The van der Waals surface area contributed by atoms with Crippen LogP contribution in [0, 0.1) is 5.92 Å². The van der Waals surface area contributed by atoms with Gasteiger partial charge < -0.3 is 15.1 Å². The van der Waals surface area contributed by atoms with Gasteiger partial charge in [-0.2, -0.15) is 0 Å². The van der Waals surface area contributed by atoms with Crippen molar-refractivity contribution in [3.05, 3.63) is 29.8 Å². The van der Waals surface area contributed by atoms with Crippen molar-refractivity contribution in [2.45, 2.75) is 51.6 Å². The zero-order valence-corrected chi connectivity index (χ0v) is 15.3. The Morgan fingerprint density at radius 3 is 2.67 bits per heavy atom. The summed E-state index contributed by atoms with van der Waals surface area (Å²) in [5, 5.41) is 3.81. The molecule has 0 aliphatic carbocycles. The quantitative estimate of drug-likeness (QED) is 0.921. The lowest BCUT2D eigenvalue weighted by atomic mass is 9.90. The van der Waals surface area contributed by atoms with E-state index in [4.69, 9.17) is 0 Å². The Labute approximate surface area is 146 Å². The predicted octanol–water partition coefficient (Wildman–Crippen LogP) is 3.19. The van der Waals surface area contributed by atoms with Crippen LogP contribution in [0.3, 0.4) is 0 Å². The van der Waals surface area contributed by atoms with Crippen molar-refractivity contribution in [1.82, 2.24) is 10.2 Å². The van der Waals surface area contributed by atoms with Gasteiger partial charge in [0.2, 0.25) is 5.91 Å². The van der Waals surface area contributed by atoms with Crippen LogP contribution in [0.5, 0.6) is 0 Å². The van der Waals surface area contributed by atoms with Gasteiger partial charge in [0, 0.05) is 24.2 Å². The monoisotopic (exact) mass is 329 g/mol. The number of anilines is 1. The van der Waals surface area contributed by atoms with Crippen LogP contribution in [0.2, 0.25) is 0 Å². The van der Waals surface area contributed by atoms with Crippen LogP contribution in [0.4, 0.5) is 5.69 Å². The highest BCUT2D eigenvalue weighted by molar-refractivity contribution is 5.95. The molecule has 1 aromatic carbocycles. The summed E-state index contributed by atoms with van der Waals surface area (Å²) in [4.78, 5) is 16.8. The molecule has 1 saturated heterocycles. The van der Waals surface area contributed by atoms with E-state index in [1.54, 1.807) is 0 Å². The van der Waals surface area contributed by atoms with Gasteiger partial charge in [0.05, 0.1) is 0 Å². The van der Waals surface area contributed by atoms with E-state index >= 15 is 0 Å². The summed E-state index contributed by atoms with van der Waals surface area (Å²) in [6.45, 7) is 7.63. The first-order valence-electron chi connectivity index (χ1n) is 9.43. The number of amides is 1. The largest absolute Gasteiger partial charge is 0.310 e. The summed E-state index contributed by atoms with van der Waals surface area (Å²) in [7, 11) is 2.21. The third kappa shape index (κ3) is 3.65. The number of fused-ring (bicyclic) bond motifs is 1. The van der Waals surface area contributed by atoms with E-state index in [1.807, 2.05) is 17.9 Å². The molecule has 2 unspecified atom stereocenters. The van der Waals surface area contributed by atoms with Crippen LogP contribution in [0.25, 0.3) is 0 Å². The number of carbonyl (C=O) groups is 1. The average Bonchev–Trinajstić information content (AvgIpc) is 2.60. The number of piperidine rings is 1. The molecular weight excluding hydrogens is 298 g/mol. The van der Waals surface area contributed by atoms with Gasteiger partial charge >= 0.3 is 0 Å². The molecule has 4 heteroatoms. The summed E-state index contributed by atoms with van der Waals surface area (Å²) in [5.74, 6) is 1.00. The maximum atomic E-state index is 12.4. The van der Waals surface area contributed by atoms with Gasteiger partial charge in [-0.15, -0.1) is 0 Å². The van der Waals surface area contributed by atoms with Crippen molar-refractivity contribution in [2.75, 3.05) is 31.6 Å². The number of para-hydroxylation sites is 1. The lowest BCUT2D eigenvalue weighted by Gasteiger charge is -2.40.